The Morgan fingerprint density at radius 3 is 2.66 bits per heavy atom. The van der Waals surface area contributed by atoms with E-state index < -0.39 is 5.97 Å². The predicted octanol–water partition coefficient (Wildman–Crippen LogP) is 4.57. The van der Waals surface area contributed by atoms with Crippen molar-refractivity contribution in [3.63, 3.8) is 0 Å². The second-order valence-corrected chi connectivity index (χ2v) is 8.72. The number of halogens is 1. The lowest BCUT2D eigenvalue weighted by Gasteiger charge is -2.31. The third-order valence-electron chi connectivity index (χ3n) is 4.78. The monoisotopic (exact) mass is 478 g/mol. The number of hydrogen-bond acceptors (Lipinski definition) is 5. The van der Waals surface area contributed by atoms with Gasteiger partial charge in [-0.3, -0.25) is 9.59 Å². The van der Waals surface area contributed by atoms with Crippen LogP contribution in [0.5, 0.6) is 0 Å². The molecule has 6 nitrogen and oxygen atoms in total. The number of benzene rings is 1. The first-order valence-corrected chi connectivity index (χ1v) is 11.3. The second-order valence-electron chi connectivity index (χ2n) is 6.86. The molecule has 0 unspecified atom stereocenters. The van der Waals surface area contributed by atoms with Crippen LogP contribution in [0.15, 0.2) is 40.2 Å². The van der Waals surface area contributed by atoms with E-state index in [-0.39, 0.29) is 17.7 Å². The molecule has 2 heterocycles. The molecule has 0 spiro atoms. The summed E-state index contributed by atoms with van der Waals surface area (Å²) in [6.45, 7) is 3.34. The summed E-state index contributed by atoms with van der Waals surface area (Å²) in [6, 6.07) is 8.79. The molecular weight excluding hydrogens is 456 g/mol. The number of ether oxygens (including phenoxy) is 1. The van der Waals surface area contributed by atoms with Crippen molar-refractivity contribution in [1.82, 2.24) is 4.90 Å². The average molecular weight is 479 g/mol. The van der Waals surface area contributed by atoms with Gasteiger partial charge in [0, 0.05) is 23.5 Å². The molecule has 1 aromatic carbocycles. The summed E-state index contributed by atoms with van der Waals surface area (Å²) >= 11 is 4.78. The van der Waals surface area contributed by atoms with Crippen LogP contribution in [-0.2, 0) is 9.53 Å². The Kier molecular flexibility index (Phi) is 7.44. The van der Waals surface area contributed by atoms with E-state index in [9.17, 15) is 14.4 Å². The van der Waals surface area contributed by atoms with E-state index in [0.29, 0.717) is 43.8 Å². The molecule has 0 radical (unpaired) electrons. The predicted molar refractivity (Wildman–Crippen MR) is 116 cm³/mol. The molecule has 1 saturated heterocycles. The lowest BCUT2D eigenvalue weighted by molar-refractivity contribution is -0.121. The number of amides is 2. The maximum Gasteiger partial charge on any atom is 0.340 e. The number of thiophene rings is 1. The van der Waals surface area contributed by atoms with Crippen LogP contribution in [0.1, 0.15) is 46.2 Å². The summed E-state index contributed by atoms with van der Waals surface area (Å²) in [5.74, 6) is -0.779. The second kappa shape index (κ2) is 10.0. The summed E-state index contributed by atoms with van der Waals surface area (Å²) in [4.78, 5) is 40.1. The van der Waals surface area contributed by atoms with Crippen molar-refractivity contribution in [3.8, 4) is 0 Å². The van der Waals surface area contributed by atoms with Gasteiger partial charge in [-0.1, -0.05) is 28.9 Å². The van der Waals surface area contributed by atoms with Crippen LogP contribution in [0.2, 0.25) is 0 Å². The normalized spacial score (nSPS) is 14.5. The number of anilines is 1. The fourth-order valence-corrected chi connectivity index (χ4v) is 4.25. The van der Waals surface area contributed by atoms with E-state index in [1.807, 2.05) is 24.4 Å². The number of hydrogen-bond donors (Lipinski definition) is 1. The largest absolute Gasteiger partial charge is 0.462 e. The Hall–Kier alpha value is -2.19. The zero-order valence-corrected chi connectivity index (χ0v) is 18.6. The maximum absolute atomic E-state index is 12.8. The third kappa shape index (κ3) is 5.45. The molecule has 0 aliphatic carbocycles. The third-order valence-corrected chi connectivity index (χ3v) is 6.13. The van der Waals surface area contributed by atoms with Crippen LogP contribution in [0.4, 0.5) is 5.69 Å². The Morgan fingerprint density at radius 2 is 2.00 bits per heavy atom. The molecule has 2 aromatic rings. The average Bonchev–Trinajstić information content (AvgIpc) is 3.27. The molecule has 0 saturated carbocycles. The number of carbonyl (C=O) groups excluding carboxylic acids is 3. The minimum Gasteiger partial charge on any atom is -0.462 e. The van der Waals surface area contributed by atoms with Gasteiger partial charge in [-0.2, -0.15) is 0 Å². The summed E-state index contributed by atoms with van der Waals surface area (Å²) in [6.07, 6.45) is 1.91. The highest BCUT2D eigenvalue weighted by molar-refractivity contribution is 9.10. The van der Waals surface area contributed by atoms with Crippen molar-refractivity contribution in [2.75, 3.05) is 25.0 Å². The van der Waals surface area contributed by atoms with Crippen molar-refractivity contribution in [3.05, 3.63) is 50.6 Å². The van der Waals surface area contributed by atoms with Crippen LogP contribution in [-0.4, -0.2) is 42.4 Å². The van der Waals surface area contributed by atoms with Crippen LogP contribution in [0.25, 0.3) is 0 Å². The summed E-state index contributed by atoms with van der Waals surface area (Å²) in [5.41, 5.74) is 0.767. The first kappa shape index (κ1) is 21.5. The number of rotatable bonds is 6. The molecule has 3 rings (SSSR count). The summed E-state index contributed by atoms with van der Waals surface area (Å²) in [5, 5.41) is 4.76. The van der Waals surface area contributed by atoms with Gasteiger partial charge >= 0.3 is 5.97 Å². The first-order chi connectivity index (χ1) is 14.0. The quantitative estimate of drug-likeness (QED) is 0.616. The molecule has 1 aromatic heterocycles. The van der Waals surface area contributed by atoms with Crippen molar-refractivity contribution < 1.29 is 19.1 Å². The Bertz CT molecular complexity index is 877. The molecule has 1 aliphatic heterocycles. The Morgan fingerprint density at radius 1 is 1.24 bits per heavy atom. The minimum absolute atomic E-state index is 0.0210. The van der Waals surface area contributed by atoms with E-state index in [4.69, 9.17) is 4.74 Å². The number of nitrogens with one attached hydrogen (secondary N) is 1. The molecule has 1 N–H and O–H groups in total. The van der Waals surface area contributed by atoms with Gasteiger partial charge in [-0.05, 0) is 48.9 Å². The highest BCUT2D eigenvalue weighted by Gasteiger charge is 2.29. The topological polar surface area (TPSA) is 75.7 Å². The van der Waals surface area contributed by atoms with Crippen LogP contribution in [0.3, 0.4) is 0 Å². The molecular formula is C21H23BrN2O4S. The smallest absolute Gasteiger partial charge is 0.340 e. The Labute approximate surface area is 182 Å². The highest BCUT2D eigenvalue weighted by atomic mass is 79.9. The van der Waals surface area contributed by atoms with E-state index >= 15 is 0 Å². The van der Waals surface area contributed by atoms with Crippen molar-refractivity contribution in [1.29, 1.82) is 0 Å². The zero-order valence-electron chi connectivity index (χ0n) is 16.2. The van der Waals surface area contributed by atoms with Gasteiger partial charge < -0.3 is 15.0 Å². The van der Waals surface area contributed by atoms with E-state index in [2.05, 4.69) is 21.2 Å². The molecule has 2 amide bonds. The van der Waals surface area contributed by atoms with Gasteiger partial charge in [0.05, 0.1) is 22.7 Å². The number of likely N-dealkylation sites (tertiary alicyclic amines) is 1. The van der Waals surface area contributed by atoms with Crippen molar-refractivity contribution in [2.45, 2.75) is 26.2 Å². The van der Waals surface area contributed by atoms with Gasteiger partial charge in [-0.25, -0.2) is 4.79 Å². The molecule has 0 atom stereocenters. The fourth-order valence-electron chi connectivity index (χ4n) is 3.20. The SMILES string of the molecule is CCCOC(=O)c1cc(Br)ccc1NC(=O)C1CCN(C(=O)c2cccs2)CC1. The number of piperidine rings is 1. The van der Waals surface area contributed by atoms with Gasteiger partial charge in [0.2, 0.25) is 5.91 Å². The van der Waals surface area contributed by atoms with Gasteiger partial charge in [0.25, 0.3) is 5.91 Å². The van der Waals surface area contributed by atoms with Crippen molar-refractivity contribution in [2.24, 2.45) is 5.92 Å². The number of nitrogens with zero attached hydrogens (tertiary/aromatic N) is 1. The molecule has 0 bridgehead atoms. The maximum atomic E-state index is 12.8. The highest BCUT2D eigenvalue weighted by Crippen LogP contribution is 2.26. The van der Waals surface area contributed by atoms with Crippen LogP contribution >= 0.6 is 27.3 Å². The molecule has 29 heavy (non-hydrogen) atoms. The number of carbonyl (C=O) groups is 3. The lowest BCUT2D eigenvalue weighted by Crippen LogP contribution is -2.41. The van der Waals surface area contributed by atoms with E-state index in [0.717, 1.165) is 15.8 Å². The molecule has 1 fully saturated rings. The van der Waals surface area contributed by atoms with E-state index in [1.165, 1.54) is 11.3 Å². The zero-order chi connectivity index (χ0) is 20.8. The minimum atomic E-state index is -0.459. The van der Waals surface area contributed by atoms with Crippen LogP contribution in [0, 0.1) is 5.92 Å². The fraction of sp³-hybridized carbons (Fsp3) is 0.381. The molecule has 154 valence electrons. The molecule has 8 heteroatoms. The van der Waals surface area contributed by atoms with Gasteiger partial charge in [0.1, 0.15) is 0 Å². The lowest BCUT2D eigenvalue weighted by atomic mass is 9.95. The summed E-state index contributed by atoms with van der Waals surface area (Å²) < 4.78 is 5.96. The van der Waals surface area contributed by atoms with Gasteiger partial charge in [-0.15, -0.1) is 11.3 Å². The molecule has 1 aliphatic rings. The Balaban J connectivity index is 1.61. The standard InChI is InChI=1S/C21H23BrN2O4S/c1-2-11-28-21(27)16-13-15(22)5-6-17(16)23-19(25)14-7-9-24(10-8-14)20(26)18-4-3-12-29-18/h3-6,12-14H,2,7-11H2,1H3,(H,23,25). The first-order valence-electron chi connectivity index (χ1n) is 9.60. The number of esters is 1. The summed E-state index contributed by atoms with van der Waals surface area (Å²) in [7, 11) is 0. The van der Waals surface area contributed by atoms with E-state index in [1.54, 1.807) is 23.1 Å². The van der Waals surface area contributed by atoms with Gasteiger partial charge in [0.15, 0.2) is 0 Å². The van der Waals surface area contributed by atoms with Crippen molar-refractivity contribution >= 4 is 50.7 Å². The van der Waals surface area contributed by atoms with Crippen LogP contribution < -0.4 is 5.32 Å².